The van der Waals surface area contributed by atoms with Gasteiger partial charge in [-0.15, -0.1) is 11.6 Å². The summed E-state index contributed by atoms with van der Waals surface area (Å²) in [5.74, 6) is 5.71. The number of sulfonamides is 1. The van der Waals surface area contributed by atoms with Gasteiger partial charge in [-0.3, -0.25) is 0 Å². The van der Waals surface area contributed by atoms with Crippen molar-refractivity contribution in [3.63, 3.8) is 0 Å². The van der Waals surface area contributed by atoms with Crippen molar-refractivity contribution < 1.29 is 13.2 Å². The Morgan fingerprint density at radius 2 is 2.00 bits per heavy atom. The molecular formula is C15H18ClNO3S. The van der Waals surface area contributed by atoms with Crippen LogP contribution >= 0.6 is 11.6 Å². The second-order valence-electron chi connectivity index (χ2n) is 5.30. The number of rotatable bonds is 5. The summed E-state index contributed by atoms with van der Waals surface area (Å²) < 4.78 is 31.8. The first kappa shape index (κ1) is 16.3. The second kappa shape index (κ2) is 6.37. The summed E-state index contributed by atoms with van der Waals surface area (Å²) in [4.78, 5) is 0.318. The van der Waals surface area contributed by atoms with Crippen molar-refractivity contribution in [2.24, 2.45) is 0 Å². The van der Waals surface area contributed by atoms with Crippen molar-refractivity contribution in [1.29, 1.82) is 0 Å². The first-order valence-corrected chi connectivity index (χ1v) is 8.56. The Labute approximate surface area is 131 Å². The van der Waals surface area contributed by atoms with Gasteiger partial charge in [-0.05, 0) is 26.0 Å². The highest BCUT2D eigenvalue weighted by Crippen LogP contribution is 2.38. The Bertz CT molecular complexity index is 660. The van der Waals surface area contributed by atoms with Crippen LogP contribution in [0.2, 0.25) is 0 Å². The molecule has 1 aliphatic heterocycles. The minimum atomic E-state index is -3.44. The molecule has 0 amide bonds. The van der Waals surface area contributed by atoms with E-state index in [-0.39, 0.29) is 12.5 Å². The SMILES string of the molecule is Cc1ccc(S(=O)(=O)N2CC2(C)COCC#CCCl)cc1. The summed E-state index contributed by atoms with van der Waals surface area (Å²) in [5.41, 5.74) is 0.551. The lowest BCUT2D eigenvalue weighted by Crippen LogP contribution is -2.26. The van der Waals surface area contributed by atoms with Gasteiger partial charge in [0.2, 0.25) is 10.0 Å². The molecule has 114 valence electrons. The topological polar surface area (TPSA) is 46.4 Å². The van der Waals surface area contributed by atoms with Crippen LogP contribution < -0.4 is 0 Å². The average molecular weight is 328 g/mol. The number of hydrogen-bond donors (Lipinski definition) is 0. The van der Waals surface area contributed by atoms with E-state index in [9.17, 15) is 8.42 Å². The van der Waals surface area contributed by atoms with Crippen LogP contribution in [0.5, 0.6) is 0 Å². The van der Waals surface area contributed by atoms with Crippen LogP contribution in [0.4, 0.5) is 0 Å². The number of aryl methyl sites for hydroxylation is 1. The molecule has 0 bridgehead atoms. The summed E-state index contributed by atoms with van der Waals surface area (Å²) in [6, 6.07) is 6.87. The molecular weight excluding hydrogens is 310 g/mol. The van der Waals surface area contributed by atoms with Gasteiger partial charge in [-0.2, -0.15) is 4.31 Å². The first-order chi connectivity index (χ1) is 9.90. The number of hydrogen-bond acceptors (Lipinski definition) is 3. The zero-order chi connectivity index (χ0) is 15.5. The normalized spacial score (nSPS) is 24.2. The molecule has 0 saturated carbocycles. The second-order valence-corrected chi connectivity index (χ2v) is 7.43. The summed E-state index contributed by atoms with van der Waals surface area (Å²) in [7, 11) is -3.44. The molecule has 0 spiro atoms. The minimum absolute atomic E-state index is 0.265. The van der Waals surface area contributed by atoms with Crippen LogP contribution in [-0.2, 0) is 14.8 Å². The van der Waals surface area contributed by atoms with Gasteiger partial charge in [0.05, 0.1) is 22.9 Å². The van der Waals surface area contributed by atoms with E-state index in [0.717, 1.165) is 5.56 Å². The lowest BCUT2D eigenvalue weighted by Gasteiger charge is -2.12. The molecule has 1 aromatic rings. The third kappa shape index (κ3) is 3.78. The molecule has 1 heterocycles. The molecule has 0 N–H and O–H groups in total. The van der Waals surface area contributed by atoms with E-state index >= 15 is 0 Å². The maximum absolute atomic E-state index is 12.5. The molecule has 2 rings (SSSR count). The maximum Gasteiger partial charge on any atom is 0.243 e. The average Bonchev–Trinajstić information content (AvgIpc) is 3.12. The zero-order valence-electron chi connectivity index (χ0n) is 12.1. The molecule has 6 heteroatoms. The van der Waals surface area contributed by atoms with Crippen molar-refractivity contribution in [2.45, 2.75) is 24.3 Å². The largest absolute Gasteiger partial charge is 0.367 e. The smallest absolute Gasteiger partial charge is 0.243 e. The van der Waals surface area contributed by atoms with Gasteiger partial charge in [0.15, 0.2) is 0 Å². The van der Waals surface area contributed by atoms with Crippen molar-refractivity contribution in [2.75, 3.05) is 25.6 Å². The van der Waals surface area contributed by atoms with E-state index in [2.05, 4.69) is 11.8 Å². The Hall–Kier alpha value is -1.06. The fourth-order valence-electron chi connectivity index (χ4n) is 2.02. The quantitative estimate of drug-likeness (QED) is 0.360. The predicted octanol–water partition coefficient (Wildman–Crippen LogP) is 2.02. The van der Waals surface area contributed by atoms with Gasteiger partial charge in [-0.1, -0.05) is 29.5 Å². The monoisotopic (exact) mass is 327 g/mol. The Morgan fingerprint density at radius 1 is 1.33 bits per heavy atom. The predicted molar refractivity (Wildman–Crippen MR) is 82.8 cm³/mol. The fraction of sp³-hybridized carbons (Fsp3) is 0.467. The highest BCUT2D eigenvalue weighted by molar-refractivity contribution is 7.89. The molecule has 0 aliphatic carbocycles. The van der Waals surface area contributed by atoms with Gasteiger partial charge in [0.1, 0.15) is 6.61 Å². The van der Waals surface area contributed by atoms with E-state index < -0.39 is 15.6 Å². The molecule has 1 saturated heterocycles. The Morgan fingerprint density at radius 3 is 2.62 bits per heavy atom. The van der Waals surface area contributed by atoms with Crippen LogP contribution in [0, 0.1) is 18.8 Å². The van der Waals surface area contributed by atoms with Crippen LogP contribution in [0.3, 0.4) is 0 Å². The lowest BCUT2D eigenvalue weighted by atomic mass is 10.2. The van der Waals surface area contributed by atoms with Gasteiger partial charge in [-0.25, -0.2) is 8.42 Å². The third-order valence-electron chi connectivity index (χ3n) is 3.37. The molecule has 1 aromatic carbocycles. The molecule has 2 unspecified atom stereocenters. The van der Waals surface area contributed by atoms with Crippen LogP contribution in [0.15, 0.2) is 29.2 Å². The van der Waals surface area contributed by atoms with Crippen LogP contribution in [-0.4, -0.2) is 43.9 Å². The molecule has 1 fully saturated rings. The minimum Gasteiger partial charge on any atom is -0.367 e. The van der Waals surface area contributed by atoms with Crippen molar-refractivity contribution in [3.8, 4) is 11.8 Å². The van der Waals surface area contributed by atoms with Gasteiger partial charge >= 0.3 is 0 Å². The molecule has 0 radical (unpaired) electrons. The lowest BCUT2D eigenvalue weighted by molar-refractivity contribution is 0.139. The Kier molecular flexibility index (Phi) is 4.95. The summed E-state index contributed by atoms with van der Waals surface area (Å²) in [5, 5.41) is 0. The van der Waals surface area contributed by atoms with Crippen molar-refractivity contribution in [1.82, 2.24) is 4.31 Å². The zero-order valence-corrected chi connectivity index (χ0v) is 13.7. The third-order valence-corrected chi connectivity index (χ3v) is 5.52. The summed E-state index contributed by atoms with van der Waals surface area (Å²) >= 11 is 5.43. The molecule has 1 aliphatic rings. The number of ether oxygens (including phenoxy) is 1. The fourth-order valence-corrected chi connectivity index (χ4v) is 3.93. The van der Waals surface area contributed by atoms with Gasteiger partial charge < -0.3 is 4.74 Å². The van der Waals surface area contributed by atoms with Gasteiger partial charge in [0, 0.05) is 6.54 Å². The number of alkyl halides is 1. The van der Waals surface area contributed by atoms with E-state index in [1.165, 1.54) is 4.31 Å². The van der Waals surface area contributed by atoms with Gasteiger partial charge in [0.25, 0.3) is 0 Å². The molecule has 0 aromatic heterocycles. The highest BCUT2D eigenvalue weighted by Gasteiger charge is 2.55. The van der Waals surface area contributed by atoms with Crippen LogP contribution in [0.25, 0.3) is 0 Å². The standard InChI is InChI=1S/C15H18ClNO3S/c1-13-5-7-14(8-6-13)21(18,19)17-11-15(17,2)12-20-10-4-3-9-16/h5-8H,9-12H2,1-2H3. The Balaban J connectivity index is 1.99. The maximum atomic E-state index is 12.5. The summed E-state index contributed by atoms with van der Waals surface area (Å²) in [6.45, 7) is 4.85. The summed E-state index contributed by atoms with van der Waals surface area (Å²) in [6.07, 6.45) is 0. The first-order valence-electron chi connectivity index (χ1n) is 6.59. The number of nitrogens with zero attached hydrogens (tertiary/aromatic N) is 1. The van der Waals surface area contributed by atoms with E-state index in [0.29, 0.717) is 18.0 Å². The molecule has 4 nitrogen and oxygen atoms in total. The van der Waals surface area contributed by atoms with Crippen molar-refractivity contribution >= 4 is 21.6 Å². The number of halogens is 1. The van der Waals surface area contributed by atoms with Crippen molar-refractivity contribution in [3.05, 3.63) is 29.8 Å². The molecule has 21 heavy (non-hydrogen) atoms. The molecule has 2 atom stereocenters. The number of benzene rings is 1. The van der Waals surface area contributed by atoms with E-state index in [4.69, 9.17) is 16.3 Å². The van der Waals surface area contributed by atoms with E-state index in [1.54, 1.807) is 24.3 Å². The van der Waals surface area contributed by atoms with E-state index in [1.807, 2.05) is 13.8 Å². The highest BCUT2D eigenvalue weighted by atomic mass is 35.5. The van der Waals surface area contributed by atoms with Crippen LogP contribution in [0.1, 0.15) is 12.5 Å².